The largest absolute Gasteiger partial charge is 0.481 e. The number of amides is 1. The van der Waals surface area contributed by atoms with E-state index in [-0.39, 0.29) is 37.2 Å². The van der Waals surface area contributed by atoms with Gasteiger partial charge in [-0.15, -0.1) is 0 Å². The molecule has 3 aromatic rings. The highest BCUT2D eigenvalue weighted by molar-refractivity contribution is 5.90. The second-order valence-corrected chi connectivity index (χ2v) is 11.5. The van der Waals surface area contributed by atoms with Gasteiger partial charge in [-0.1, -0.05) is 73.2 Å². The van der Waals surface area contributed by atoms with Gasteiger partial charge < -0.3 is 30.1 Å². The first kappa shape index (κ1) is 33.3. The molecule has 0 aliphatic carbocycles. The van der Waals surface area contributed by atoms with Gasteiger partial charge in [-0.05, 0) is 55.6 Å². The molecule has 0 spiro atoms. The minimum absolute atomic E-state index is 0.0276. The summed E-state index contributed by atoms with van der Waals surface area (Å²) in [6, 6.07) is 24.6. The molecule has 1 fully saturated rings. The molecular weight excluding hydrogens is 560 g/mol. The molecule has 236 valence electrons. The lowest BCUT2D eigenvalue weighted by Gasteiger charge is -2.39. The van der Waals surface area contributed by atoms with Crippen LogP contribution in [0.2, 0.25) is 0 Å². The third kappa shape index (κ3) is 9.70. The van der Waals surface area contributed by atoms with Crippen molar-refractivity contribution >= 4 is 17.6 Å². The van der Waals surface area contributed by atoms with Gasteiger partial charge in [0.25, 0.3) is 0 Å². The SMILES string of the molecule is C[C@@H]([C@H](O)c1ccccc1)N(C)C[C@H]1C[C@@H](c2ccc(CO)cc2)O[C@@H](c2ccc(NC(=O)CCCCCC(=O)O)cc2)O1. The second kappa shape index (κ2) is 16.5. The molecule has 0 radical (unpaired) electrons. The summed E-state index contributed by atoms with van der Waals surface area (Å²) in [6.07, 6.45) is 1.25. The van der Waals surface area contributed by atoms with Crippen LogP contribution in [0.1, 0.15) is 86.2 Å². The zero-order valence-electron chi connectivity index (χ0n) is 25.5. The van der Waals surface area contributed by atoms with E-state index < -0.39 is 18.4 Å². The molecule has 0 unspecified atom stereocenters. The van der Waals surface area contributed by atoms with Crippen molar-refractivity contribution in [3.8, 4) is 0 Å². The third-order valence-corrected chi connectivity index (χ3v) is 8.16. The number of carboxylic acids is 1. The van der Waals surface area contributed by atoms with Gasteiger partial charge in [0, 0.05) is 43.1 Å². The van der Waals surface area contributed by atoms with Gasteiger partial charge in [-0.25, -0.2) is 0 Å². The molecule has 44 heavy (non-hydrogen) atoms. The van der Waals surface area contributed by atoms with Crippen molar-refractivity contribution in [3.05, 3.63) is 101 Å². The Bertz CT molecular complexity index is 1320. The number of carbonyl (C=O) groups excluding carboxylic acids is 1. The topological polar surface area (TPSA) is 129 Å². The average molecular weight is 605 g/mol. The van der Waals surface area contributed by atoms with Gasteiger partial charge in [0.15, 0.2) is 6.29 Å². The summed E-state index contributed by atoms with van der Waals surface area (Å²) in [4.78, 5) is 25.1. The zero-order chi connectivity index (χ0) is 31.5. The fourth-order valence-electron chi connectivity index (χ4n) is 5.38. The lowest BCUT2D eigenvalue weighted by molar-refractivity contribution is -0.253. The summed E-state index contributed by atoms with van der Waals surface area (Å²) in [5.41, 5.74) is 4.17. The van der Waals surface area contributed by atoms with E-state index in [0.29, 0.717) is 44.3 Å². The number of unbranched alkanes of at least 4 members (excludes halogenated alkanes) is 2. The number of nitrogens with zero attached hydrogens (tertiary/aromatic N) is 1. The number of benzene rings is 3. The Labute approximate surface area is 259 Å². The average Bonchev–Trinajstić information content (AvgIpc) is 3.04. The van der Waals surface area contributed by atoms with E-state index in [4.69, 9.17) is 14.6 Å². The number of likely N-dealkylation sites (N-methyl/N-ethyl adjacent to an activating group) is 1. The predicted molar refractivity (Wildman–Crippen MR) is 168 cm³/mol. The highest BCUT2D eigenvalue weighted by Gasteiger charge is 2.34. The van der Waals surface area contributed by atoms with Crippen molar-refractivity contribution in [2.45, 2.75) is 82.7 Å². The van der Waals surface area contributed by atoms with Crippen molar-refractivity contribution in [3.63, 3.8) is 0 Å². The summed E-state index contributed by atoms with van der Waals surface area (Å²) < 4.78 is 12.9. The van der Waals surface area contributed by atoms with Crippen molar-refractivity contribution in [2.75, 3.05) is 18.9 Å². The molecular formula is C35H44N2O7. The molecule has 1 heterocycles. The number of aliphatic carboxylic acids is 1. The van der Waals surface area contributed by atoms with Gasteiger partial charge in [-0.3, -0.25) is 14.5 Å². The number of carbonyl (C=O) groups is 2. The van der Waals surface area contributed by atoms with Crippen LogP contribution in [-0.2, 0) is 25.7 Å². The molecule has 5 atom stereocenters. The molecule has 1 amide bonds. The molecule has 4 rings (SSSR count). The maximum Gasteiger partial charge on any atom is 0.303 e. The number of hydrogen-bond donors (Lipinski definition) is 4. The van der Waals surface area contributed by atoms with Crippen LogP contribution in [0.15, 0.2) is 78.9 Å². The number of aliphatic hydroxyl groups excluding tert-OH is 2. The smallest absolute Gasteiger partial charge is 0.303 e. The second-order valence-electron chi connectivity index (χ2n) is 11.5. The minimum atomic E-state index is -0.818. The van der Waals surface area contributed by atoms with Crippen LogP contribution in [0.3, 0.4) is 0 Å². The van der Waals surface area contributed by atoms with Gasteiger partial charge >= 0.3 is 5.97 Å². The van der Waals surface area contributed by atoms with Gasteiger partial charge in [0.1, 0.15) is 0 Å². The summed E-state index contributed by atoms with van der Waals surface area (Å²) >= 11 is 0. The van der Waals surface area contributed by atoms with Gasteiger partial charge in [0.05, 0.1) is 24.9 Å². The van der Waals surface area contributed by atoms with Crippen molar-refractivity contribution in [1.82, 2.24) is 4.90 Å². The molecule has 0 bridgehead atoms. The lowest BCUT2D eigenvalue weighted by atomic mass is 9.98. The first-order valence-corrected chi connectivity index (χ1v) is 15.3. The number of rotatable bonds is 15. The van der Waals surface area contributed by atoms with Crippen LogP contribution in [0.4, 0.5) is 5.69 Å². The Morgan fingerprint density at radius 2 is 1.57 bits per heavy atom. The monoisotopic (exact) mass is 604 g/mol. The zero-order valence-corrected chi connectivity index (χ0v) is 25.5. The molecule has 1 aliphatic rings. The lowest BCUT2D eigenvalue weighted by Crippen LogP contribution is -2.43. The van der Waals surface area contributed by atoms with Crippen LogP contribution in [0.5, 0.6) is 0 Å². The Morgan fingerprint density at radius 3 is 2.23 bits per heavy atom. The van der Waals surface area contributed by atoms with Crippen LogP contribution in [-0.4, -0.2) is 57.8 Å². The summed E-state index contributed by atoms with van der Waals surface area (Å²) in [7, 11) is 1.99. The number of nitrogens with one attached hydrogen (secondary N) is 1. The van der Waals surface area contributed by atoms with E-state index in [2.05, 4.69) is 10.2 Å². The van der Waals surface area contributed by atoms with E-state index in [1.165, 1.54) is 0 Å². The number of anilines is 1. The normalized spacial score (nSPS) is 19.8. The molecule has 9 heteroatoms. The van der Waals surface area contributed by atoms with E-state index in [0.717, 1.165) is 22.3 Å². The van der Waals surface area contributed by atoms with E-state index in [1.54, 1.807) is 0 Å². The molecule has 4 N–H and O–H groups in total. The van der Waals surface area contributed by atoms with Crippen molar-refractivity contribution in [2.24, 2.45) is 0 Å². The van der Waals surface area contributed by atoms with Gasteiger partial charge in [0.2, 0.25) is 5.91 Å². The molecule has 1 saturated heterocycles. The van der Waals surface area contributed by atoms with Crippen LogP contribution >= 0.6 is 0 Å². The number of hydrogen-bond acceptors (Lipinski definition) is 7. The number of carboxylic acid groups (broad SMARTS) is 1. The summed E-state index contributed by atoms with van der Waals surface area (Å²) in [6.45, 7) is 2.56. The van der Waals surface area contributed by atoms with Gasteiger partial charge in [-0.2, -0.15) is 0 Å². The molecule has 9 nitrogen and oxygen atoms in total. The third-order valence-electron chi connectivity index (χ3n) is 8.16. The van der Waals surface area contributed by atoms with Crippen molar-refractivity contribution < 1.29 is 34.4 Å². The quantitative estimate of drug-likeness (QED) is 0.162. The Balaban J connectivity index is 1.42. The van der Waals surface area contributed by atoms with E-state index in [1.807, 2.05) is 92.8 Å². The van der Waals surface area contributed by atoms with Crippen LogP contribution < -0.4 is 5.32 Å². The first-order valence-electron chi connectivity index (χ1n) is 15.3. The molecule has 0 saturated carbocycles. The fourth-order valence-corrected chi connectivity index (χ4v) is 5.38. The summed E-state index contributed by atoms with van der Waals surface area (Å²) in [5, 5.41) is 32.1. The Kier molecular flexibility index (Phi) is 12.5. The number of ether oxygens (including phenoxy) is 2. The minimum Gasteiger partial charge on any atom is -0.481 e. The Hall–Kier alpha value is -3.60. The van der Waals surface area contributed by atoms with E-state index in [9.17, 15) is 19.8 Å². The van der Waals surface area contributed by atoms with Crippen LogP contribution in [0, 0.1) is 0 Å². The van der Waals surface area contributed by atoms with Crippen molar-refractivity contribution in [1.29, 1.82) is 0 Å². The highest BCUT2D eigenvalue weighted by Crippen LogP contribution is 2.38. The molecule has 1 aliphatic heterocycles. The standard InChI is InChI=1S/C35H44N2O7/c1-24(34(42)27-9-5-3-6-10-27)37(2)22-30-21-31(26-15-13-25(23-38)14-16-26)44-35(43-30)28-17-19-29(20-18-28)36-32(39)11-7-4-8-12-33(40)41/h3,5-6,9-10,13-20,24,30-31,34-35,38,42H,4,7-8,11-12,21-23H2,1-2H3,(H,36,39)(H,40,41)/t24-,30+,31-,34-,35-/m0/s1. The predicted octanol–water partition coefficient (Wildman–Crippen LogP) is 5.75. The maximum atomic E-state index is 12.4. The first-order chi connectivity index (χ1) is 21.2. The summed E-state index contributed by atoms with van der Waals surface area (Å²) in [5.74, 6) is -0.930. The molecule has 3 aromatic carbocycles. The maximum absolute atomic E-state index is 12.4. The molecule has 0 aromatic heterocycles. The van der Waals surface area contributed by atoms with E-state index >= 15 is 0 Å². The fraction of sp³-hybridized carbons (Fsp3) is 0.429. The number of aliphatic hydroxyl groups is 2. The van der Waals surface area contributed by atoms with Crippen LogP contribution in [0.25, 0.3) is 0 Å². The Morgan fingerprint density at radius 1 is 0.909 bits per heavy atom. The highest BCUT2D eigenvalue weighted by atomic mass is 16.7.